The van der Waals surface area contributed by atoms with Crippen molar-refractivity contribution >= 4 is 23.2 Å². The van der Waals surface area contributed by atoms with Crippen LogP contribution in [0.15, 0.2) is 53.3 Å². The Kier molecular flexibility index (Phi) is 5.70. The largest absolute Gasteiger partial charge is 0.443 e. The molecule has 1 aliphatic heterocycles. The Bertz CT molecular complexity index is 1130. The Balaban J connectivity index is 1.61. The molecule has 0 aliphatic carbocycles. The van der Waals surface area contributed by atoms with Crippen LogP contribution in [0.4, 0.5) is 15.8 Å². The van der Waals surface area contributed by atoms with E-state index in [0.29, 0.717) is 17.3 Å². The van der Waals surface area contributed by atoms with Crippen LogP contribution in [-0.4, -0.2) is 29.4 Å². The van der Waals surface area contributed by atoms with Crippen molar-refractivity contribution in [1.82, 2.24) is 4.98 Å². The van der Waals surface area contributed by atoms with Gasteiger partial charge in [0.15, 0.2) is 17.8 Å². The fourth-order valence-corrected chi connectivity index (χ4v) is 3.95. The quantitative estimate of drug-likeness (QED) is 0.641. The van der Waals surface area contributed by atoms with Gasteiger partial charge in [0.2, 0.25) is 0 Å². The fraction of sp³-hybridized carbons (Fsp3) is 0.261. The van der Waals surface area contributed by atoms with Crippen LogP contribution in [0.25, 0.3) is 11.3 Å². The molecule has 160 valence electrons. The molecule has 8 heteroatoms. The molecule has 1 aromatic heterocycles. The highest BCUT2D eigenvalue weighted by Crippen LogP contribution is 2.31. The van der Waals surface area contributed by atoms with E-state index in [2.05, 4.69) is 22.1 Å². The van der Waals surface area contributed by atoms with Crippen LogP contribution >= 0.6 is 0 Å². The van der Waals surface area contributed by atoms with E-state index in [9.17, 15) is 14.0 Å². The summed E-state index contributed by atoms with van der Waals surface area (Å²) >= 11 is 0. The van der Waals surface area contributed by atoms with Crippen molar-refractivity contribution in [2.45, 2.75) is 32.2 Å². The molecule has 2 heterocycles. The molecule has 0 radical (unpaired) electrons. The first kappa shape index (κ1) is 20.6. The molecule has 1 fully saturated rings. The highest BCUT2D eigenvalue weighted by molar-refractivity contribution is 6.07. The van der Waals surface area contributed by atoms with Gasteiger partial charge in [-0.3, -0.25) is 9.59 Å². The molecular weight excluding hydrogens is 399 g/mol. The highest BCUT2D eigenvalue weighted by Gasteiger charge is 2.24. The van der Waals surface area contributed by atoms with Gasteiger partial charge in [-0.05, 0) is 56.5 Å². The average Bonchev–Trinajstić information content (AvgIpc) is 3.24. The van der Waals surface area contributed by atoms with Crippen LogP contribution in [0.5, 0.6) is 0 Å². The zero-order valence-corrected chi connectivity index (χ0v) is 17.1. The van der Waals surface area contributed by atoms with Gasteiger partial charge in [-0.15, -0.1) is 0 Å². The van der Waals surface area contributed by atoms with Crippen LogP contribution in [0.2, 0.25) is 0 Å². The van der Waals surface area contributed by atoms with Crippen molar-refractivity contribution in [1.29, 1.82) is 0 Å². The zero-order valence-electron chi connectivity index (χ0n) is 17.1. The molecule has 4 rings (SSSR count). The van der Waals surface area contributed by atoms with E-state index in [1.807, 2.05) is 0 Å². The molecule has 0 spiro atoms. The second-order valence-electron chi connectivity index (χ2n) is 7.60. The molecule has 1 unspecified atom stereocenters. The highest BCUT2D eigenvalue weighted by atomic mass is 19.1. The van der Waals surface area contributed by atoms with E-state index < -0.39 is 17.6 Å². The number of carbonyl (C=O) groups excluding carboxylic acids is 2. The maximum Gasteiger partial charge on any atom is 0.278 e. The molecule has 3 aromatic rings. The first-order chi connectivity index (χ1) is 15.0. The normalized spacial score (nSPS) is 16.2. The number of hydrogen-bond donors (Lipinski definition) is 2. The number of nitrogens with two attached hydrogens (primary N) is 1. The third-order valence-electron chi connectivity index (χ3n) is 5.53. The van der Waals surface area contributed by atoms with Gasteiger partial charge in [-0.2, -0.15) is 0 Å². The lowest BCUT2D eigenvalue weighted by atomic mass is 10.0. The lowest BCUT2D eigenvalue weighted by molar-refractivity contribution is 0.0995. The number of amides is 2. The number of benzene rings is 2. The summed E-state index contributed by atoms with van der Waals surface area (Å²) in [6.07, 6.45) is 4.33. The summed E-state index contributed by atoms with van der Waals surface area (Å²) in [4.78, 5) is 31.1. The second-order valence-corrected chi connectivity index (χ2v) is 7.60. The van der Waals surface area contributed by atoms with Crippen molar-refractivity contribution in [3.05, 3.63) is 65.9 Å². The number of anilines is 2. The Morgan fingerprint density at radius 1 is 1.23 bits per heavy atom. The van der Waals surface area contributed by atoms with Gasteiger partial charge in [-0.25, -0.2) is 9.37 Å². The number of nitrogens with zero attached hydrogens (tertiary/aromatic N) is 2. The van der Waals surface area contributed by atoms with Crippen LogP contribution in [0.3, 0.4) is 0 Å². The third kappa shape index (κ3) is 4.14. The number of halogens is 1. The number of carbonyl (C=O) groups is 2. The molecule has 7 nitrogen and oxygen atoms in total. The standard InChI is InChI=1S/C23H23FN4O3/c1-14-6-4-5-11-28(14)19-10-9-15(12-17(19)22(25)29)27-23(30)20-21(31-13-26-20)16-7-2-3-8-18(16)24/h2-3,7-10,12-14H,4-6,11H2,1H3,(H2,25,29)(H,27,30). The van der Waals surface area contributed by atoms with Gasteiger partial charge < -0.3 is 20.4 Å². The Labute approximate surface area is 179 Å². The summed E-state index contributed by atoms with van der Waals surface area (Å²) in [6, 6.07) is 11.3. The summed E-state index contributed by atoms with van der Waals surface area (Å²) in [6.45, 7) is 2.96. The van der Waals surface area contributed by atoms with Crippen LogP contribution in [-0.2, 0) is 0 Å². The lowest BCUT2D eigenvalue weighted by Crippen LogP contribution is -2.38. The van der Waals surface area contributed by atoms with Gasteiger partial charge >= 0.3 is 0 Å². The predicted octanol–water partition coefficient (Wildman–Crippen LogP) is 4.21. The van der Waals surface area contributed by atoms with E-state index in [1.165, 1.54) is 12.1 Å². The minimum Gasteiger partial charge on any atom is -0.443 e. The number of aromatic nitrogens is 1. The van der Waals surface area contributed by atoms with Crippen molar-refractivity contribution in [2.24, 2.45) is 5.73 Å². The first-order valence-electron chi connectivity index (χ1n) is 10.2. The number of piperidine rings is 1. The van der Waals surface area contributed by atoms with Crippen LogP contribution in [0.1, 0.15) is 47.0 Å². The third-order valence-corrected chi connectivity index (χ3v) is 5.53. The van der Waals surface area contributed by atoms with Gasteiger partial charge in [0.05, 0.1) is 11.1 Å². The molecule has 1 saturated heterocycles. The summed E-state index contributed by atoms with van der Waals surface area (Å²) in [5.41, 5.74) is 7.18. The number of rotatable bonds is 5. The van der Waals surface area contributed by atoms with Crippen molar-refractivity contribution in [2.75, 3.05) is 16.8 Å². The molecule has 31 heavy (non-hydrogen) atoms. The van der Waals surface area contributed by atoms with Gasteiger partial charge in [0.25, 0.3) is 11.8 Å². The molecule has 3 N–H and O–H groups in total. The predicted molar refractivity (Wildman–Crippen MR) is 115 cm³/mol. The summed E-state index contributed by atoms with van der Waals surface area (Å²) < 4.78 is 19.4. The van der Waals surface area contributed by atoms with Crippen molar-refractivity contribution in [3.8, 4) is 11.3 Å². The molecule has 1 aliphatic rings. The Hall–Kier alpha value is -3.68. The zero-order chi connectivity index (χ0) is 22.0. The minimum absolute atomic E-state index is 0.0319. The SMILES string of the molecule is CC1CCCCN1c1ccc(NC(=O)c2ncoc2-c2ccccc2F)cc1C(N)=O. The van der Waals surface area contributed by atoms with E-state index >= 15 is 0 Å². The fourth-order valence-electron chi connectivity index (χ4n) is 3.95. The Morgan fingerprint density at radius 3 is 2.77 bits per heavy atom. The van der Waals surface area contributed by atoms with E-state index in [0.717, 1.165) is 37.9 Å². The van der Waals surface area contributed by atoms with Crippen LogP contribution < -0.4 is 16.0 Å². The number of nitrogens with one attached hydrogen (secondary N) is 1. The maximum absolute atomic E-state index is 14.1. The average molecular weight is 422 g/mol. The molecule has 0 bridgehead atoms. The molecule has 1 atom stereocenters. The molecular formula is C23H23FN4O3. The number of primary amides is 1. The summed E-state index contributed by atoms with van der Waals surface area (Å²) in [5, 5.41) is 2.70. The molecule has 2 amide bonds. The second kappa shape index (κ2) is 8.59. The lowest BCUT2D eigenvalue weighted by Gasteiger charge is -2.36. The summed E-state index contributed by atoms with van der Waals surface area (Å²) in [7, 11) is 0. The maximum atomic E-state index is 14.1. The number of oxazole rings is 1. The number of hydrogen-bond acceptors (Lipinski definition) is 5. The molecule has 2 aromatic carbocycles. The monoisotopic (exact) mass is 422 g/mol. The Morgan fingerprint density at radius 2 is 2.03 bits per heavy atom. The topological polar surface area (TPSA) is 101 Å². The van der Waals surface area contributed by atoms with E-state index in [1.54, 1.807) is 30.3 Å². The van der Waals surface area contributed by atoms with E-state index in [-0.39, 0.29) is 17.0 Å². The van der Waals surface area contributed by atoms with Gasteiger partial charge in [0, 0.05) is 24.0 Å². The molecule has 0 saturated carbocycles. The van der Waals surface area contributed by atoms with Gasteiger partial charge in [0.1, 0.15) is 5.82 Å². The smallest absolute Gasteiger partial charge is 0.278 e. The van der Waals surface area contributed by atoms with Crippen LogP contribution in [0, 0.1) is 5.82 Å². The first-order valence-corrected chi connectivity index (χ1v) is 10.2. The van der Waals surface area contributed by atoms with Crippen molar-refractivity contribution < 1.29 is 18.4 Å². The van der Waals surface area contributed by atoms with Crippen molar-refractivity contribution in [3.63, 3.8) is 0 Å². The van der Waals surface area contributed by atoms with Gasteiger partial charge in [-0.1, -0.05) is 12.1 Å². The minimum atomic E-state index is -0.582. The summed E-state index contributed by atoms with van der Waals surface area (Å²) in [5.74, 6) is -1.65. The van der Waals surface area contributed by atoms with E-state index in [4.69, 9.17) is 10.2 Å².